The number of hydrogen-bond acceptors (Lipinski definition) is 1. The standard InChI is InChI=1S/C9H12O/c10-6-9-5-7-1-3-8(9)4-2-7/h1,3,6-9H,2,4-5H2/t7-,8+,9-/m0/s1. The molecule has 3 aliphatic carbocycles. The highest BCUT2D eigenvalue weighted by Gasteiger charge is 2.30. The fraction of sp³-hybridized carbons (Fsp3) is 0.667. The Morgan fingerprint density at radius 3 is 2.50 bits per heavy atom. The van der Waals surface area contributed by atoms with Gasteiger partial charge in [-0.2, -0.15) is 0 Å². The van der Waals surface area contributed by atoms with E-state index >= 15 is 0 Å². The minimum Gasteiger partial charge on any atom is -0.303 e. The lowest BCUT2D eigenvalue weighted by Crippen LogP contribution is -2.27. The molecular weight excluding hydrogens is 124 g/mol. The Morgan fingerprint density at radius 1 is 1.30 bits per heavy atom. The summed E-state index contributed by atoms with van der Waals surface area (Å²) in [6.07, 6.45) is 9.33. The van der Waals surface area contributed by atoms with Crippen molar-refractivity contribution in [1.82, 2.24) is 0 Å². The van der Waals surface area contributed by atoms with Gasteiger partial charge in [0.15, 0.2) is 0 Å². The molecule has 3 rings (SSSR count). The lowest BCUT2D eigenvalue weighted by molar-refractivity contribution is -0.113. The van der Waals surface area contributed by atoms with Crippen LogP contribution in [0.1, 0.15) is 19.3 Å². The molecule has 0 aromatic rings. The van der Waals surface area contributed by atoms with Crippen molar-refractivity contribution in [2.24, 2.45) is 17.8 Å². The Hall–Kier alpha value is -0.590. The van der Waals surface area contributed by atoms with Gasteiger partial charge in [0.1, 0.15) is 6.29 Å². The van der Waals surface area contributed by atoms with Crippen LogP contribution in [0.3, 0.4) is 0 Å². The minimum atomic E-state index is 0.351. The van der Waals surface area contributed by atoms with Crippen LogP contribution in [0.4, 0.5) is 0 Å². The number of rotatable bonds is 1. The Labute approximate surface area is 61.1 Å². The number of aldehydes is 1. The Kier molecular flexibility index (Phi) is 1.37. The molecule has 0 heterocycles. The van der Waals surface area contributed by atoms with Crippen molar-refractivity contribution in [3.05, 3.63) is 12.2 Å². The first-order valence-corrected chi connectivity index (χ1v) is 4.04. The fourth-order valence-corrected chi connectivity index (χ4v) is 2.13. The van der Waals surface area contributed by atoms with Crippen LogP contribution in [0.2, 0.25) is 0 Å². The molecule has 1 saturated carbocycles. The summed E-state index contributed by atoms with van der Waals surface area (Å²) in [6, 6.07) is 0. The summed E-state index contributed by atoms with van der Waals surface area (Å²) >= 11 is 0. The van der Waals surface area contributed by atoms with Gasteiger partial charge in [-0.15, -0.1) is 0 Å². The van der Waals surface area contributed by atoms with Crippen LogP contribution in [0.15, 0.2) is 12.2 Å². The average Bonchev–Trinajstić information content (AvgIpc) is 2.06. The van der Waals surface area contributed by atoms with Crippen LogP contribution in [-0.4, -0.2) is 6.29 Å². The van der Waals surface area contributed by atoms with Gasteiger partial charge in [0.05, 0.1) is 0 Å². The molecule has 0 aromatic heterocycles. The predicted molar refractivity (Wildman–Crippen MR) is 39.5 cm³/mol. The number of carbonyl (C=O) groups is 1. The van der Waals surface area contributed by atoms with Gasteiger partial charge in [0.2, 0.25) is 0 Å². The van der Waals surface area contributed by atoms with E-state index in [4.69, 9.17) is 0 Å². The van der Waals surface area contributed by atoms with Gasteiger partial charge in [-0.25, -0.2) is 0 Å². The highest BCUT2D eigenvalue weighted by atomic mass is 16.1. The third kappa shape index (κ3) is 0.808. The predicted octanol–water partition coefficient (Wildman–Crippen LogP) is 1.79. The van der Waals surface area contributed by atoms with Gasteiger partial charge in [-0.1, -0.05) is 12.2 Å². The third-order valence-corrected chi connectivity index (χ3v) is 2.80. The largest absolute Gasteiger partial charge is 0.303 e. The number of fused-ring (bicyclic) bond motifs is 2. The average molecular weight is 136 g/mol. The second-order valence-corrected chi connectivity index (χ2v) is 3.42. The van der Waals surface area contributed by atoms with Gasteiger partial charge in [-0.05, 0) is 31.1 Å². The van der Waals surface area contributed by atoms with E-state index < -0.39 is 0 Å². The quantitative estimate of drug-likeness (QED) is 0.396. The second kappa shape index (κ2) is 2.22. The lowest BCUT2D eigenvalue weighted by Gasteiger charge is -2.34. The molecule has 54 valence electrons. The molecule has 0 aromatic carbocycles. The first-order valence-electron chi connectivity index (χ1n) is 4.04. The molecule has 0 spiro atoms. The summed E-state index contributed by atoms with van der Waals surface area (Å²) in [5.74, 6) is 1.66. The lowest BCUT2D eigenvalue weighted by atomic mass is 9.70. The molecule has 3 aliphatic rings. The van der Waals surface area contributed by atoms with Crippen molar-refractivity contribution < 1.29 is 4.79 Å². The van der Waals surface area contributed by atoms with Crippen LogP contribution in [0.5, 0.6) is 0 Å². The van der Waals surface area contributed by atoms with Crippen molar-refractivity contribution in [3.63, 3.8) is 0 Å². The van der Waals surface area contributed by atoms with Crippen LogP contribution in [0.25, 0.3) is 0 Å². The van der Waals surface area contributed by atoms with E-state index in [0.29, 0.717) is 11.8 Å². The van der Waals surface area contributed by atoms with Crippen molar-refractivity contribution >= 4 is 6.29 Å². The van der Waals surface area contributed by atoms with Crippen molar-refractivity contribution in [1.29, 1.82) is 0 Å². The molecule has 0 unspecified atom stereocenters. The molecule has 0 saturated heterocycles. The molecule has 0 amide bonds. The van der Waals surface area contributed by atoms with Crippen LogP contribution >= 0.6 is 0 Å². The van der Waals surface area contributed by atoms with Gasteiger partial charge < -0.3 is 4.79 Å². The molecule has 10 heavy (non-hydrogen) atoms. The normalized spacial score (nSPS) is 43.8. The Balaban J connectivity index is 2.18. The van der Waals surface area contributed by atoms with Crippen LogP contribution in [-0.2, 0) is 4.79 Å². The van der Waals surface area contributed by atoms with Gasteiger partial charge in [0.25, 0.3) is 0 Å². The molecule has 0 radical (unpaired) electrons. The zero-order chi connectivity index (χ0) is 6.97. The maximum Gasteiger partial charge on any atom is 0.123 e. The van der Waals surface area contributed by atoms with Crippen molar-refractivity contribution in [2.75, 3.05) is 0 Å². The summed E-state index contributed by atoms with van der Waals surface area (Å²) in [7, 11) is 0. The van der Waals surface area contributed by atoms with Crippen molar-refractivity contribution in [3.8, 4) is 0 Å². The maximum atomic E-state index is 10.5. The molecule has 1 nitrogen and oxygen atoms in total. The molecule has 1 fully saturated rings. The monoisotopic (exact) mass is 136 g/mol. The van der Waals surface area contributed by atoms with E-state index in [1.54, 1.807) is 0 Å². The Bertz CT molecular complexity index is 172. The number of hydrogen-bond donors (Lipinski definition) is 0. The molecule has 1 heteroatoms. The first kappa shape index (κ1) is 6.14. The van der Waals surface area contributed by atoms with E-state index in [1.807, 2.05) is 0 Å². The van der Waals surface area contributed by atoms with E-state index in [1.165, 1.54) is 12.8 Å². The zero-order valence-corrected chi connectivity index (χ0v) is 5.99. The Morgan fingerprint density at radius 2 is 2.20 bits per heavy atom. The topological polar surface area (TPSA) is 17.1 Å². The summed E-state index contributed by atoms with van der Waals surface area (Å²) in [5, 5.41) is 0. The highest BCUT2D eigenvalue weighted by Crippen LogP contribution is 2.38. The fourth-order valence-electron chi connectivity index (χ4n) is 2.13. The van der Waals surface area contributed by atoms with E-state index in [-0.39, 0.29) is 0 Å². The highest BCUT2D eigenvalue weighted by molar-refractivity contribution is 5.55. The van der Waals surface area contributed by atoms with E-state index in [0.717, 1.165) is 18.6 Å². The molecule has 0 aliphatic heterocycles. The number of allylic oxidation sites excluding steroid dienone is 2. The second-order valence-electron chi connectivity index (χ2n) is 3.42. The SMILES string of the molecule is O=C[C@@H]1C[C@H]2C=C[C@@H]1CC2. The summed E-state index contributed by atoms with van der Waals surface area (Å²) in [4.78, 5) is 10.5. The van der Waals surface area contributed by atoms with E-state index in [2.05, 4.69) is 12.2 Å². The first-order chi connectivity index (χ1) is 4.90. The minimum absolute atomic E-state index is 0.351. The maximum absolute atomic E-state index is 10.5. The molecule has 0 N–H and O–H groups in total. The molecule has 2 bridgehead atoms. The van der Waals surface area contributed by atoms with Gasteiger partial charge >= 0.3 is 0 Å². The molecule has 3 atom stereocenters. The van der Waals surface area contributed by atoms with Crippen LogP contribution in [0, 0.1) is 17.8 Å². The smallest absolute Gasteiger partial charge is 0.123 e. The van der Waals surface area contributed by atoms with Gasteiger partial charge in [-0.3, -0.25) is 0 Å². The van der Waals surface area contributed by atoms with Crippen LogP contribution < -0.4 is 0 Å². The molecular formula is C9H12O. The summed E-state index contributed by atoms with van der Waals surface area (Å²) < 4.78 is 0. The van der Waals surface area contributed by atoms with Gasteiger partial charge in [0, 0.05) is 5.92 Å². The summed E-state index contributed by atoms with van der Waals surface area (Å²) in [6.45, 7) is 0. The summed E-state index contributed by atoms with van der Waals surface area (Å²) in [5.41, 5.74) is 0. The van der Waals surface area contributed by atoms with E-state index in [9.17, 15) is 4.79 Å². The van der Waals surface area contributed by atoms with Crippen molar-refractivity contribution in [2.45, 2.75) is 19.3 Å². The number of carbonyl (C=O) groups excluding carboxylic acids is 1. The third-order valence-electron chi connectivity index (χ3n) is 2.80. The zero-order valence-electron chi connectivity index (χ0n) is 5.99.